The van der Waals surface area contributed by atoms with Crippen molar-refractivity contribution in [3.63, 3.8) is 0 Å². The molecule has 1 aliphatic heterocycles. The highest BCUT2D eigenvalue weighted by Gasteiger charge is 2.26. The van der Waals surface area contributed by atoms with Gasteiger partial charge in [-0.25, -0.2) is 9.98 Å². The Morgan fingerprint density at radius 1 is 1.21 bits per heavy atom. The summed E-state index contributed by atoms with van der Waals surface area (Å²) in [5.41, 5.74) is 2.77. The first-order chi connectivity index (χ1) is 11.6. The molecule has 24 heavy (non-hydrogen) atoms. The van der Waals surface area contributed by atoms with Gasteiger partial charge in [0.2, 0.25) is 0 Å². The van der Waals surface area contributed by atoms with Crippen LogP contribution in [0.15, 0.2) is 23.3 Å². The van der Waals surface area contributed by atoms with Gasteiger partial charge in [0.1, 0.15) is 11.0 Å². The highest BCUT2D eigenvalue weighted by molar-refractivity contribution is 6.29. The normalized spacial score (nSPS) is 16.2. The summed E-state index contributed by atoms with van der Waals surface area (Å²) in [5, 5.41) is 3.18. The first-order valence-electron chi connectivity index (χ1n) is 7.89. The third kappa shape index (κ3) is 2.63. The Balaban J connectivity index is 1.59. The van der Waals surface area contributed by atoms with Crippen molar-refractivity contribution in [1.82, 2.24) is 15.3 Å². The predicted octanol–water partition coefficient (Wildman–Crippen LogP) is 2.99. The number of amides is 1. The van der Waals surface area contributed by atoms with Gasteiger partial charge >= 0.3 is 0 Å². The number of aromatic amines is 1. The zero-order valence-electron chi connectivity index (χ0n) is 12.9. The molecule has 0 saturated carbocycles. The second-order valence-electron chi connectivity index (χ2n) is 5.96. The molecule has 0 aromatic carbocycles. The summed E-state index contributed by atoms with van der Waals surface area (Å²) in [6.07, 6.45) is 5.07. The minimum absolute atomic E-state index is 0.0204. The van der Waals surface area contributed by atoms with Crippen molar-refractivity contribution in [1.29, 1.82) is 0 Å². The number of ketones is 1. The van der Waals surface area contributed by atoms with Crippen LogP contribution in [0, 0.1) is 0 Å². The molecule has 0 radical (unpaired) electrons. The first-order valence-corrected chi connectivity index (χ1v) is 8.27. The minimum atomic E-state index is -0.313. The van der Waals surface area contributed by atoms with E-state index in [9.17, 15) is 9.59 Å². The van der Waals surface area contributed by atoms with Gasteiger partial charge in [0.05, 0.1) is 11.1 Å². The van der Waals surface area contributed by atoms with Gasteiger partial charge in [0, 0.05) is 24.7 Å². The summed E-state index contributed by atoms with van der Waals surface area (Å²) in [6, 6.07) is 3.63. The molecule has 2 aromatic heterocycles. The van der Waals surface area contributed by atoms with Crippen LogP contribution in [0.2, 0.25) is 5.15 Å². The number of nitrogens with one attached hydrogen (secondary N) is 2. The molecule has 0 spiro atoms. The number of pyridine rings is 1. The maximum atomic E-state index is 12.6. The summed E-state index contributed by atoms with van der Waals surface area (Å²) >= 11 is 5.90. The Labute approximate surface area is 143 Å². The highest BCUT2D eigenvalue weighted by Crippen LogP contribution is 2.26. The summed E-state index contributed by atoms with van der Waals surface area (Å²) < 4.78 is 0. The molecular weight excluding hydrogens is 328 g/mol. The monoisotopic (exact) mass is 342 g/mol. The van der Waals surface area contributed by atoms with E-state index in [4.69, 9.17) is 11.6 Å². The SMILES string of the molecule is O=C(NC1=Nc2nc(Cl)ccc2CC1)c1c[nH]c2c1C(=O)CCC2. The quantitative estimate of drug-likeness (QED) is 0.781. The molecule has 1 amide bonds. The zero-order valence-corrected chi connectivity index (χ0v) is 13.6. The number of Topliss-reactive ketones (excluding diaryl/α,β-unsaturated/α-hetero) is 1. The second-order valence-corrected chi connectivity index (χ2v) is 6.35. The van der Waals surface area contributed by atoms with Crippen molar-refractivity contribution < 1.29 is 9.59 Å². The molecular formula is C17H15ClN4O2. The van der Waals surface area contributed by atoms with Gasteiger partial charge < -0.3 is 10.3 Å². The van der Waals surface area contributed by atoms with Crippen molar-refractivity contribution in [3.8, 4) is 0 Å². The number of aromatic nitrogens is 2. The number of halogens is 1. The fourth-order valence-electron chi connectivity index (χ4n) is 3.18. The Bertz CT molecular complexity index is 885. The molecule has 2 N–H and O–H groups in total. The Morgan fingerprint density at radius 3 is 2.96 bits per heavy atom. The largest absolute Gasteiger partial charge is 0.364 e. The van der Waals surface area contributed by atoms with Crippen LogP contribution in [-0.2, 0) is 12.8 Å². The summed E-state index contributed by atoms with van der Waals surface area (Å²) in [7, 11) is 0. The Hall–Kier alpha value is -2.47. The highest BCUT2D eigenvalue weighted by atomic mass is 35.5. The first kappa shape index (κ1) is 15.1. The van der Waals surface area contributed by atoms with Crippen LogP contribution in [0.4, 0.5) is 5.82 Å². The van der Waals surface area contributed by atoms with E-state index < -0.39 is 0 Å². The lowest BCUT2D eigenvalue weighted by Crippen LogP contribution is -2.33. The van der Waals surface area contributed by atoms with Gasteiger partial charge in [-0.1, -0.05) is 17.7 Å². The van der Waals surface area contributed by atoms with Crippen molar-refractivity contribution in [3.05, 3.63) is 45.9 Å². The minimum Gasteiger partial charge on any atom is -0.364 e. The maximum absolute atomic E-state index is 12.6. The fourth-order valence-corrected chi connectivity index (χ4v) is 3.33. The molecule has 0 saturated heterocycles. The average Bonchev–Trinajstić information content (AvgIpc) is 3.00. The number of nitrogens with zero attached hydrogens (tertiary/aromatic N) is 2. The fraction of sp³-hybridized carbons (Fsp3) is 0.294. The number of carbonyl (C=O) groups is 2. The Kier molecular flexibility index (Phi) is 3.69. The lowest BCUT2D eigenvalue weighted by Gasteiger charge is -2.16. The van der Waals surface area contributed by atoms with Crippen LogP contribution in [0.25, 0.3) is 0 Å². The number of amidine groups is 1. The Morgan fingerprint density at radius 2 is 2.08 bits per heavy atom. The zero-order chi connectivity index (χ0) is 16.7. The van der Waals surface area contributed by atoms with E-state index in [1.54, 1.807) is 12.3 Å². The molecule has 4 rings (SSSR count). The van der Waals surface area contributed by atoms with Gasteiger partial charge in [0.25, 0.3) is 5.91 Å². The van der Waals surface area contributed by atoms with Gasteiger partial charge in [-0.05, 0) is 30.9 Å². The predicted molar refractivity (Wildman–Crippen MR) is 90.2 cm³/mol. The number of fused-ring (bicyclic) bond motifs is 2. The van der Waals surface area contributed by atoms with Crippen LogP contribution >= 0.6 is 11.6 Å². The van der Waals surface area contributed by atoms with Gasteiger partial charge in [-0.15, -0.1) is 0 Å². The van der Waals surface area contributed by atoms with Crippen molar-refractivity contribution >= 4 is 34.9 Å². The van der Waals surface area contributed by atoms with E-state index in [1.165, 1.54) is 0 Å². The molecule has 0 unspecified atom stereocenters. The van der Waals surface area contributed by atoms with E-state index in [-0.39, 0.29) is 11.7 Å². The smallest absolute Gasteiger partial charge is 0.258 e. The second kappa shape index (κ2) is 5.87. The molecule has 2 aromatic rings. The lowest BCUT2D eigenvalue weighted by molar-refractivity contribution is 0.0941. The molecule has 0 atom stereocenters. The molecule has 122 valence electrons. The number of rotatable bonds is 1. The summed E-state index contributed by atoms with van der Waals surface area (Å²) in [4.78, 5) is 36.3. The van der Waals surface area contributed by atoms with Gasteiger partial charge in [0.15, 0.2) is 11.6 Å². The van der Waals surface area contributed by atoms with E-state index in [0.717, 1.165) is 30.5 Å². The summed E-state index contributed by atoms with van der Waals surface area (Å²) in [5.74, 6) is 0.788. The molecule has 0 fully saturated rings. The number of H-pyrrole nitrogens is 1. The van der Waals surface area contributed by atoms with Gasteiger partial charge in [-0.2, -0.15) is 0 Å². The average molecular weight is 343 g/mol. The van der Waals surface area contributed by atoms with Crippen LogP contribution in [-0.4, -0.2) is 27.5 Å². The molecule has 0 bridgehead atoms. The van der Waals surface area contributed by atoms with E-state index in [0.29, 0.717) is 40.8 Å². The van der Waals surface area contributed by atoms with Crippen molar-refractivity contribution in [2.75, 3.05) is 0 Å². The number of hydrogen-bond acceptors (Lipinski definition) is 4. The number of aliphatic imine (C=N–C) groups is 1. The third-order valence-corrected chi connectivity index (χ3v) is 4.58. The molecule has 2 aliphatic rings. The number of aryl methyl sites for hydroxylation is 2. The molecule has 7 heteroatoms. The van der Waals surface area contributed by atoms with Crippen LogP contribution < -0.4 is 5.32 Å². The number of hydrogen-bond donors (Lipinski definition) is 2. The van der Waals surface area contributed by atoms with Crippen molar-refractivity contribution in [2.24, 2.45) is 4.99 Å². The number of carbonyl (C=O) groups excluding carboxylic acids is 2. The van der Waals surface area contributed by atoms with Crippen molar-refractivity contribution in [2.45, 2.75) is 32.1 Å². The lowest BCUT2D eigenvalue weighted by atomic mass is 9.93. The molecule has 1 aliphatic carbocycles. The van der Waals surface area contributed by atoms with Crippen LogP contribution in [0.3, 0.4) is 0 Å². The summed E-state index contributed by atoms with van der Waals surface area (Å²) in [6.45, 7) is 0. The van der Waals surface area contributed by atoms with E-state index in [2.05, 4.69) is 20.3 Å². The maximum Gasteiger partial charge on any atom is 0.258 e. The van der Waals surface area contributed by atoms with Crippen LogP contribution in [0.1, 0.15) is 51.2 Å². The topological polar surface area (TPSA) is 87.2 Å². The van der Waals surface area contributed by atoms with E-state index in [1.807, 2.05) is 6.07 Å². The van der Waals surface area contributed by atoms with Crippen LogP contribution in [0.5, 0.6) is 0 Å². The molecule has 3 heterocycles. The van der Waals surface area contributed by atoms with Gasteiger partial charge in [-0.3, -0.25) is 9.59 Å². The standard InChI is InChI=1S/C17H15ClN4O2/c18-13-6-4-9-5-7-14(21-16(9)20-13)22-17(24)10-8-19-11-2-1-3-12(23)15(10)11/h4,6,8,19H,1-3,5,7H2,(H,20,21,22,24). The van der Waals surface area contributed by atoms with E-state index >= 15 is 0 Å². The molecule has 6 nitrogen and oxygen atoms in total. The third-order valence-electron chi connectivity index (χ3n) is 4.37.